The predicted octanol–water partition coefficient (Wildman–Crippen LogP) is 3.10. The Morgan fingerprint density at radius 1 is 1.32 bits per heavy atom. The minimum absolute atomic E-state index is 0.0754. The maximum Gasteiger partial charge on any atom is 0.188 e. The standard InChI is InChI=1S/C14H14FIO3/c1-18-8-19-10-6-9-2-3-12(15)11(4-5-17)14(9)13(16)7-10/h2-3,6-7,17H,4-5,8H2,1H3. The molecule has 0 heterocycles. The summed E-state index contributed by atoms with van der Waals surface area (Å²) in [5, 5.41) is 10.8. The van der Waals surface area contributed by atoms with E-state index in [1.807, 2.05) is 12.1 Å². The fraction of sp³-hybridized carbons (Fsp3) is 0.286. The van der Waals surface area contributed by atoms with Crippen LogP contribution in [0.5, 0.6) is 5.75 Å². The lowest BCUT2D eigenvalue weighted by atomic mass is 10.0. The summed E-state index contributed by atoms with van der Waals surface area (Å²) in [6, 6.07) is 6.82. The van der Waals surface area contributed by atoms with Crippen molar-refractivity contribution in [2.24, 2.45) is 0 Å². The number of aliphatic hydroxyl groups is 1. The third-order valence-electron chi connectivity index (χ3n) is 2.80. The van der Waals surface area contributed by atoms with Crippen molar-refractivity contribution < 1.29 is 19.0 Å². The van der Waals surface area contributed by atoms with E-state index in [0.717, 1.165) is 14.3 Å². The first-order valence-corrected chi connectivity index (χ1v) is 6.88. The van der Waals surface area contributed by atoms with Gasteiger partial charge < -0.3 is 14.6 Å². The van der Waals surface area contributed by atoms with Gasteiger partial charge in [-0.15, -0.1) is 0 Å². The molecule has 2 rings (SSSR count). The van der Waals surface area contributed by atoms with Crippen LogP contribution in [0.2, 0.25) is 0 Å². The Balaban J connectivity index is 2.55. The molecule has 0 aliphatic heterocycles. The van der Waals surface area contributed by atoms with Crippen molar-refractivity contribution in [2.75, 3.05) is 20.5 Å². The Labute approximate surface area is 124 Å². The highest BCUT2D eigenvalue weighted by Gasteiger charge is 2.12. The fourth-order valence-electron chi connectivity index (χ4n) is 2.00. The van der Waals surface area contributed by atoms with Crippen LogP contribution >= 0.6 is 22.6 Å². The monoisotopic (exact) mass is 376 g/mol. The number of fused-ring (bicyclic) bond motifs is 1. The fourth-order valence-corrected chi connectivity index (χ4v) is 2.95. The summed E-state index contributed by atoms with van der Waals surface area (Å²) >= 11 is 2.15. The van der Waals surface area contributed by atoms with Gasteiger partial charge in [0.2, 0.25) is 0 Å². The van der Waals surface area contributed by atoms with Gasteiger partial charge in [-0.3, -0.25) is 0 Å². The molecular formula is C14H14FIO3. The number of halogens is 2. The van der Waals surface area contributed by atoms with Crippen LogP contribution in [-0.4, -0.2) is 25.6 Å². The van der Waals surface area contributed by atoms with E-state index in [9.17, 15) is 4.39 Å². The first-order valence-electron chi connectivity index (χ1n) is 5.80. The second-order valence-electron chi connectivity index (χ2n) is 4.05. The number of benzene rings is 2. The third kappa shape index (κ3) is 3.16. The van der Waals surface area contributed by atoms with Gasteiger partial charge in [-0.05, 0) is 58.2 Å². The summed E-state index contributed by atoms with van der Waals surface area (Å²) < 4.78 is 25.0. The smallest absolute Gasteiger partial charge is 0.188 e. The van der Waals surface area contributed by atoms with Crippen LogP contribution in [0, 0.1) is 9.39 Å². The van der Waals surface area contributed by atoms with Gasteiger partial charge in [-0.1, -0.05) is 6.07 Å². The molecule has 0 aliphatic rings. The van der Waals surface area contributed by atoms with Gasteiger partial charge in [-0.2, -0.15) is 0 Å². The highest BCUT2D eigenvalue weighted by molar-refractivity contribution is 14.1. The Kier molecular flexibility index (Phi) is 4.95. The van der Waals surface area contributed by atoms with Gasteiger partial charge in [0.25, 0.3) is 0 Å². The van der Waals surface area contributed by atoms with Crippen molar-refractivity contribution in [2.45, 2.75) is 6.42 Å². The van der Waals surface area contributed by atoms with Crippen molar-refractivity contribution in [3.8, 4) is 5.75 Å². The summed E-state index contributed by atoms with van der Waals surface area (Å²) in [7, 11) is 1.56. The molecule has 0 bridgehead atoms. The van der Waals surface area contributed by atoms with E-state index in [1.54, 1.807) is 13.2 Å². The normalized spacial score (nSPS) is 10.9. The second-order valence-corrected chi connectivity index (χ2v) is 5.22. The zero-order valence-corrected chi connectivity index (χ0v) is 12.6. The third-order valence-corrected chi connectivity index (χ3v) is 3.65. The van der Waals surface area contributed by atoms with Crippen molar-refractivity contribution in [3.05, 3.63) is 39.2 Å². The molecule has 0 unspecified atom stereocenters. The molecule has 2 aromatic carbocycles. The van der Waals surface area contributed by atoms with E-state index >= 15 is 0 Å². The van der Waals surface area contributed by atoms with Crippen LogP contribution in [-0.2, 0) is 11.2 Å². The molecule has 0 saturated carbocycles. The molecule has 5 heteroatoms. The average Bonchev–Trinajstić information content (AvgIpc) is 2.39. The molecule has 3 nitrogen and oxygen atoms in total. The van der Waals surface area contributed by atoms with Crippen LogP contribution in [0.4, 0.5) is 4.39 Å². The van der Waals surface area contributed by atoms with Crippen LogP contribution in [0.1, 0.15) is 5.56 Å². The molecule has 0 amide bonds. The lowest BCUT2D eigenvalue weighted by Gasteiger charge is -2.12. The summed E-state index contributed by atoms with van der Waals surface area (Å²) in [6.07, 6.45) is 0.303. The van der Waals surface area contributed by atoms with Crippen LogP contribution in [0.25, 0.3) is 10.8 Å². The van der Waals surface area contributed by atoms with Gasteiger partial charge in [0.15, 0.2) is 6.79 Å². The molecule has 0 fully saturated rings. The molecule has 1 N–H and O–H groups in total. The quantitative estimate of drug-likeness (QED) is 0.644. The molecule has 0 spiro atoms. The van der Waals surface area contributed by atoms with Crippen molar-refractivity contribution in [1.29, 1.82) is 0 Å². The minimum Gasteiger partial charge on any atom is -0.468 e. The number of aliphatic hydroxyl groups excluding tert-OH is 1. The predicted molar refractivity (Wildman–Crippen MR) is 79.9 cm³/mol. The van der Waals surface area contributed by atoms with Crippen LogP contribution < -0.4 is 4.74 Å². The van der Waals surface area contributed by atoms with E-state index < -0.39 is 0 Å². The SMILES string of the molecule is COCOc1cc(I)c2c(CCO)c(F)ccc2c1. The molecule has 102 valence electrons. The van der Waals surface area contributed by atoms with E-state index in [4.69, 9.17) is 14.6 Å². The lowest BCUT2D eigenvalue weighted by molar-refractivity contribution is 0.0512. The van der Waals surface area contributed by atoms with Crippen molar-refractivity contribution in [3.63, 3.8) is 0 Å². The van der Waals surface area contributed by atoms with E-state index in [2.05, 4.69) is 22.6 Å². The highest BCUT2D eigenvalue weighted by atomic mass is 127. The van der Waals surface area contributed by atoms with Crippen LogP contribution in [0.3, 0.4) is 0 Å². The largest absolute Gasteiger partial charge is 0.468 e. The Hall–Kier alpha value is -0.920. The van der Waals surface area contributed by atoms with Gasteiger partial charge >= 0.3 is 0 Å². The summed E-state index contributed by atoms with van der Waals surface area (Å²) in [5.41, 5.74) is 0.544. The van der Waals surface area contributed by atoms with Crippen molar-refractivity contribution in [1.82, 2.24) is 0 Å². The van der Waals surface area contributed by atoms with Gasteiger partial charge in [-0.25, -0.2) is 4.39 Å². The van der Waals surface area contributed by atoms with E-state index in [-0.39, 0.29) is 19.2 Å². The summed E-state index contributed by atoms with van der Waals surface area (Å²) in [4.78, 5) is 0. The molecule has 2 aromatic rings. The summed E-state index contributed by atoms with van der Waals surface area (Å²) in [5.74, 6) is 0.394. The van der Waals surface area contributed by atoms with E-state index in [0.29, 0.717) is 17.7 Å². The number of hydrogen-bond acceptors (Lipinski definition) is 3. The topological polar surface area (TPSA) is 38.7 Å². The zero-order valence-electron chi connectivity index (χ0n) is 10.5. The minimum atomic E-state index is -0.287. The first-order chi connectivity index (χ1) is 9.17. The van der Waals surface area contributed by atoms with Gasteiger partial charge in [0.1, 0.15) is 11.6 Å². The Bertz CT molecular complexity index is 586. The van der Waals surface area contributed by atoms with E-state index in [1.165, 1.54) is 6.07 Å². The number of methoxy groups -OCH3 is 1. The molecule has 0 aliphatic carbocycles. The van der Waals surface area contributed by atoms with Gasteiger partial charge in [0.05, 0.1) is 0 Å². The lowest BCUT2D eigenvalue weighted by Crippen LogP contribution is -2.01. The maximum atomic E-state index is 13.8. The molecule has 19 heavy (non-hydrogen) atoms. The highest BCUT2D eigenvalue weighted by Crippen LogP contribution is 2.31. The van der Waals surface area contributed by atoms with Crippen LogP contribution in [0.15, 0.2) is 24.3 Å². The molecular weight excluding hydrogens is 362 g/mol. The number of rotatable bonds is 5. The molecule has 0 aromatic heterocycles. The zero-order chi connectivity index (χ0) is 13.8. The summed E-state index contributed by atoms with van der Waals surface area (Å²) in [6.45, 7) is 0.0975. The first kappa shape index (κ1) is 14.5. The Morgan fingerprint density at radius 2 is 2.11 bits per heavy atom. The number of ether oxygens (including phenoxy) is 2. The molecule has 0 radical (unpaired) electrons. The molecule has 0 atom stereocenters. The number of hydrogen-bond donors (Lipinski definition) is 1. The van der Waals surface area contributed by atoms with Gasteiger partial charge in [0, 0.05) is 22.7 Å². The second kappa shape index (κ2) is 6.49. The molecule has 0 saturated heterocycles. The Morgan fingerprint density at radius 3 is 2.79 bits per heavy atom. The van der Waals surface area contributed by atoms with Crippen molar-refractivity contribution >= 4 is 33.4 Å². The average molecular weight is 376 g/mol. The maximum absolute atomic E-state index is 13.8.